The third-order valence-corrected chi connectivity index (χ3v) is 2.98. The summed E-state index contributed by atoms with van der Waals surface area (Å²) in [5.74, 6) is -1.31. The molecule has 1 fully saturated rings. The van der Waals surface area contributed by atoms with Crippen LogP contribution in [0, 0.1) is 11.6 Å². The molecule has 1 aromatic carbocycles. The average Bonchev–Trinajstić information content (AvgIpc) is 2.80. The fourth-order valence-electron chi connectivity index (χ4n) is 2.06. The van der Waals surface area contributed by atoms with E-state index >= 15 is 0 Å². The van der Waals surface area contributed by atoms with Gasteiger partial charge in [0, 0.05) is 19.0 Å². The fourth-order valence-corrected chi connectivity index (χ4v) is 2.06. The summed E-state index contributed by atoms with van der Waals surface area (Å²) in [4.78, 5) is 13.4. The van der Waals surface area contributed by atoms with Crippen molar-refractivity contribution < 1.29 is 23.0 Å². The van der Waals surface area contributed by atoms with Crippen LogP contribution >= 0.6 is 0 Å². The summed E-state index contributed by atoms with van der Waals surface area (Å²) in [5.41, 5.74) is -0.565. The molecule has 0 bridgehead atoms. The van der Waals surface area contributed by atoms with E-state index in [1.807, 2.05) is 0 Å². The van der Waals surface area contributed by atoms with Crippen LogP contribution in [-0.2, 0) is 4.74 Å². The number of rotatable bonds is 2. The molecule has 1 aliphatic heterocycles. The van der Waals surface area contributed by atoms with Gasteiger partial charge in [0.05, 0.1) is 6.54 Å². The predicted octanol–water partition coefficient (Wildman–Crippen LogP) is 3.35. The number of likely N-dealkylation sites (tertiary alicyclic amines) is 1. The molecular weight excluding hydrogens is 280 g/mol. The Hall–Kier alpha value is -1.85. The highest BCUT2D eigenvalue weighted by molar-refractivity contribution is 5.68. The van der Waals surface area contributed by atoms with E-state index in [9.17, 15) is 13.6 Å². The van der Waals surface area contributed by atoms with Gasteiger partial charge < -0.3 is 14.4 Å². The average molecular weight is 299 g/mol. The number of hydrogen-bond acceptors (Lipinski definition) is 3. The standard InChI is InChI=1S/C15H19F2NO3/c1-15(2,3)21-14(19)18-7-6-11(9-18)20-13-8-10(16)4-5-12(13)17/h4-5,8,11H,6-7,9H2,1-3H3. The maximum atomic E-state index is 13.5. The zero-order chi connectivity index (χ0) is 15.6. The molecule has 21 heavy (non-hydrogen) atoms. The van der Waals surface area contributed by atoms with Crippen LogP contribution < -0.4 is 4.74 Å². The Morgan fingerprint density at radius 1 is 1.33 bits per heavy atom. The van der Waals surface area contributed by atoms with Crippen molar-refractivity contribution in [2.24, 2.45) is 0 Å². The smallest absolute Gasteiger partial charge is 0.410 e. The van der Waals surface area contributed by atoms with Crippen LogP contribution in [0.2, 0.25) is 0 Å². The molecular formula is C15H19F2NO3. The van der Waals surface area contributed by atoms with Crippen LogP contribution in [0.3, 0.4) is 0 Å². The monoisotopic (exact) mass is 299 g/mol. The maximum Gasteiger partial charge on any atom is 0.410 e. The molecule has 1 atom stereocenters. The number of amides is 1. The first kappa shape index (κ1) is 15.5. The van der Waals surface area contributed by atoms with E-state index < -0.39 is 23.3 Å². The minimum Gasteiger partial charge on any atom is -0.485 e. The van der Waals surface area contributed by atoms with Crippen LogP contribution in [0.25, 0.3) is 0 Å². The molecule has 2 rings (SSSR count). The Morgan fingerprint density at radius 3 is 2.71 bits per heavy atom. The number of ether oxygens (including phenoxy) is 2. The second-order valence-electron chi connectivity index (χ2n) is 6.03. The summed E-state index contributed by atoms with van der Waals surface area (Å²) in [7, 11) is 0. The Kier molecular flexibility index (Phi) is 4.34. The molecule has 0 spiro atoms. The SMILES string of the molecule is CC(C)(C)OC(=O)N1CCC(Oc2cc(F)ccc2F)C1. The molecule has 0 radical (unpaired) electrons. The molecule has 1 heterocycles. The summed E-state index contributed by atoms with van der Waals surface area (Å²) in [6.07, 6.45) is -0.239. The van der Waals surface area contributed by atoms with E-state index in [4.69, 9.17) is 9.47 Å². The lowest BCUT2D eigenvalue weighted by atomic mass is 10.2. The summed E-state index contributed by atoms with van der Waals surface area (Å²) in [6.45, 7) is 6.13. The highest BCUT2D eigenvalue weighted by Crippen LogP contribution is 2.23. The predicted molar refractivity (Wildman–Crippen MR) is 73.2 cm³/mol. The minimum atomic E-state index is -0.618. The molecule has 0 aromatic heterocycles. The van der Waals surface area contributed by atoms with E-state index in [1.165, 1.54) is 4.90 Å². The first-order valence-corrected chi connectivity index (χ1v) is 6.84. The number of benzene rings is 1. The first-order chi connectivity index (χ1) is 9.74. The van der Waals surface area contributed by atoms with Crippen LogP contribution in [-0.4, -0.2) is 35.8 Å². The first-order valence-electron chi connectivity index (χ1n) is 6.84. The zero-order valence-corrected chi connectivity index (χ0v) is 12.4. The van der Waals surface area contributed by atoms with Gasteiger partial charge in [0.2, 0.25) is 0 Å². The topological polar surface area (TPSA) is 38.8 Å². The van der Waals surface area contributed by atoms with Gasteiger partial charge in [0.15, 0.2) is 11.6 Å². The van der Waals surface area contributed by atoms with Gasteiger partial charge in [-0.25, -0.2) is 13.6 Å². The minimum absolute atomic E-state index is 0.133. The Bertz CT molecular complexity index is 528. The molecule has 1 amide bonds. The normalized spacial score (nSPS) is 18.7. The second kappa shape index (κ2) is 5.87. The van der Waals surface area contributed by atoms with Crippen molar-refractivity contribution in [2.45, 2.75) is 38.9 Å². The Labute approximate surface area is 122 Å². The number of carbonyl (C=O) groups excluding carboxylic acids is 1. The molecule has 0 aliphatic carbocycles. The summed E-state index contributed by atoms with van der Waals surface area (Å²) in [6, 6.07) is 3.06. The van der Waals surface area contributed by atoms with E-state index in [0.717, 1.165) is 18.2 Å². The lowest BCUT2D eigenvalue weighted by Crippen LogP contribution is -2.36. The molecule has 0 N–H and O–H groups in total. The number of carbonyl (C=O) groups is 1. The molecule has 6 heteroatoms. The van der Waals surface area contributed by atoms with Crippen molar-refractivity contribution in [1.29, 1.82) is 0 Å². The fraction of sp³-hybridized carbons (Fsp3) is 0.533. The largest absolute Gasteiger partial charge is 0.485 e. The second-order valence-corrected chi connectivity index (χ2v) is 6.03. The number of hydrogen-bond donors (Lipinski definition) is 0. The van der Waals surface area contributed by atoms with Crippen molar-refractivity contribution in [3.63, 3.8) is 0 Å². The van der Waals surface area contributed by atoms with E-state index in [1.54, 1.807) is 20.8 Å². The molecule has 4 nitrogen and oxygen atoms in total. The highest BCUT2D eigenvalue weighted by atomic mass is 19.1. The van der Waals surface area contributed by atoms with E-state index in [0.29, 0.717) is 19.5 Å². The van der Waals surface area contributed by atoms with Gasteiger partial charge in [-0.1, -0.05) is 0 Å². The summed E-state index contributed by atoms with van der Waals surface area (Å²) >= 11 is 0. The van der Waals surface area contributed by atoms with Crippen LogP contribution in [0.1, 0.15) is 27.2 Å². The van der Waals surface area contributed by atoms with Crippen molar-refractivity contribution in [3.05, 3.63) is 29.8 Å². The van der Waals surface area contributed by atoms with Gasteiger partial charge >= 0.3 is 6.09 Å². The van der Waals surface area contributed by atoms with Gasteiger partial charge in [-0.05, 0) is 32.9 Å². The number of nitrogens with zero attached hydrogens (tertiary/aromatic N) is 1. The molecule has 0 saturated carbocycles. The molecule has 1 saturated heterocycles. The van der Waals surface area contributed by atoms with Gasteiger partial charge in [0.25, 0.3) is 0 Å². The Balaban J connectivity index is 1.93. The van der Waals surface area contributed by atoms with Crippen LogP contribution in [0.15, 0.2) is 18.2 Å². The van der Waals surface area contributed by atoms with Gasteiger partial charge in [-0.2, -0.15) is 0 Å². The summed E-state index contributed by atoms with van der Waals surface area (Å²) in [5, 5.41) is 0. The van der Waals surface area contributed by atoms with E-state index in [-0.39, 0.29) is 11.9 Å². The quantitative estimate of drug-likeness (QED) is 0.840. The molecule has 1 aromatic rings. The van der Waals surface area contributed by atoms with E-state index in [2.05, 4.69) is 0 Å². The van der Waals surface area contributed by atoms with Gasteiger partial charge in [0.1, 0.15) is 17.5 Å². The molecule has 1 aliphatic rings. The lowest BCUT2D eigenvalue weighted by molar-refractivity contribution is 0.0275. The third kappa shape index (κ3) is 4.31. The van der Waals surface area contributed by atoms with Crippen molar-refractivity contribution in [3.8, 4) is 5.75 Å². The molecule has 116 valence electrons. The van der Waals surface area contributed by atoms with Crippen molar-refractivity contribution >= 4 is 6.09 Å². The van der Waals surface area contributed by atoms with Crippen molar-refractivity contribution in [1.82, 2.24) is 4.90 Å². The van der Waals surface area contributed by atoms with Gasteiger partial charge in [-0.15, -0.1) is 0 Å². The summed E-state index contributed by atoms with van der Waals surface area (Å²) < 4.78 is 37.3. The van der Waals surface area contributed by atoms with Crippen molar-refractivity contribution in [2.75, 3.05) is 13.1 Å². The lowest BCUT2D eigenvalue weighted by Gasteiger charge is -2.24. The van der Waals surface area contributed by atoms with Crippen LogP contribution in [0.5, 0.6) is 5.75 Å². The maximum absolute atomic E-state index is 13.5. The molecule has 1 unspecified atom stereocenters. The Morgan fingerprint density at radius 2 is 2.05 bits per heavy atom. The number of halogens is 2. The zero-order valence-electron chi connectivity index (χ0n) is 12.4. The van der Waals surface area contributed by atoms with Gasteiger partial charge in [-0.3, -0.25) is 0 Å². The van der Waals surface area contributed by atoms with Crippen LogP contribution in [0.4, 0.5) is 13.6 Å². The highest BCUT2D eigenvalue weighted by Gasteiger charge is 2.31. The third-order valence-electron chi connectivity index (χ3n) is 2.98.